The number of para-hydroxylation sites is 1. The van der Waals surface area contributed by atoms with Crippen molar-refractivity contribution in [2.75, 3.05) is 25.0 Å². The molecule has 1 aromatic rings. The number of rotatable bonds is 2. The molecule has 1 atom stereocenters. The number of carbonyl (C=O) groups excluding carboxylic acids is 1. The van der Waals surface area contributed by atoms with Crippen LogP contribution in [0, 0.1) is 5.92 Å². The first-order valence-electron chi connectivity index (χ1n) is 9.13. The summed E-state index contributed by atoms with van der Waals surface area (Å²) in [4.78, 5) is 15.6. The molecule has 2 N–H and O–H groups in total. The predicted molar refractivity (Wildman–Crippen MR) is 92.3 cm³/mol. The monoisotopic (exact) mass is 313 g/mol. The fourth-order valence-corrected chi connectivity index (χ4v) is 4.58. The predicted octanol–water partition coefficient (Wildman–Crippen LogP) is 2.75. The van der Waals surface area contributed by atoms with Crippen LogP contribution in [0.3, 0.4) is 0 Å². The number of benzene rings is 1. The lowest BCUT2D eigenvalue weighted by Crippen LogP contribution is -2.58. The number of nitrogens with one attached hydrogen (secondary N) is 2. The molecule has 0 bridgehead atoms. The zero-order chi connectivity index (χ0) is 15.7. The molecule has 4 heteroatoms. The van der Waals surface area contributed by atoms with E-state index in [0.717, 1.165) is 44.2 Å². The van der Waals surface area contributed by atoms with Crippen LogP contribution < -0.4 is 10.6 Å². The minimum Gasteiger partial charge on any atom is -0.324 e. The van der Waals surface area contributed by atoms with Crippen LogP contribution in [-0.4, -0.2) is 36.0 Å². The van der Waals surface area contributed by atoms with Gasteiger partial charge in [0.2, 0.25) is 5.91 Å². The van der Waals surface area contributed by atoms with Crippen LogP contribution in [0.5, 0.6) is 0 Å². The first-order chi connectivity index (χ1) is 11.3. The molecule has 2 heterocycles. The van der Waals surface area contributed by atoms with Gasteiger partial charge < -0.3 is 10.6 Å². The minimum absolute atomic E-state index is 0.184. The molecule has 124 valence electrons. The summed E-state index contributed by atoms with van der Waals surface area (Å²) in [6.45, 7) is 3.65. The molecule has 1 aromatic carbocycles. The Morgan fingerprint density at radius 1 is 1.17 bits per heavy atom. The van der Waals surface area contributed by atoms with Gasteiger partial charge in [0, 0.05) is 25.3 Å². The molecule has 1 amide bonds. The highest BCUT2D eigenvalue weighted by Crippen LogP contribution is 2.35. The lowest BCUT2D eigenvalue weighted by molar-refractivity contribution is -0.127. The first kappa shape index (κ1) is 15.2. The first-order valence-corrected chi connectivity index (χ1v) is 9.13. The maximum atomic E-state index is 13.1. The minimum atomic E-state index is -0.365. The molecule has 1 spiro atoms. The third-order valence-corrected chi connectivity index (χ3v) is 5.99. The highest BCUT2D eigenvalue weighted by Gasteiger charge is 2.48. The summed E-state index contributed by atoms with van der Waals surface area (Å²) in [5.74, 6) is 0.933. The third kappa shape index (κ3) is 2.79. The Bertz CT molecular complexity index is 574. The van der Waals surface area contributed by atoms with E-state index in [1.54, 1.807) is 0 Å². The normalized spacial score (nSPS) is 29.3. The summed E-state index contributed by atoms with van der Waals surface area (Å²) in [5, 5.41) is 6.63. The quantitative estimate of drug-likeness (QED) is 0.882. The van der Waals surface area contributed by atoms with E-state index < -0.39 is 0 Å². The van der Waals surface area contributed by atoms with Gasteiger partial charge in [0.15, 0.2) is 0 Å². The number of hydrogen-bond acceptors (Lipinski definition) is 3. The molecule has 4 rings (SSSR count). The number of fused-ring (bicyclic) bond motifs is 1. The summed E-state index contributed by atoms with van der Waals surface area (Å²) < 4.78 is 0. The van der Waals surface area contributed by atoms with Crippen LogP contribution in [-0.2, 0) is 11.3 Å². The Morgan fingerprint density at radius 2 is 2.00 bits per heavy atom. The Hall–Kier alpha value is -1.39. The molecule has 2 aliphatic heterocycles. The number of amides is 1. The number of carbonyl (C=O) groups is 1. The second-order valence-electron chi connectivity index (χ2n) is 7.45. The van der Waals surface area contributed by atoms with E-state index in [2.05, 4.69) is 27.7 Å². The second kappa shape index (κ2) is 6.25. The molecule has 23 heavy (non-hydrogen) atoms. The van der Waals surface area contributed by atoms with Gasteiger partial charge in [0.25, 0.3) is 0 Å². The standard InChI is InChI=1S/C19H27N3O/c23-18-19(10-11-20-14-19)22(12-15-6-2-1-3-7-15)13-16-8-4-5-9-17(16)21-18/h4-5,8-9,15,20H,1-3,6-7,10-14H2,(H,21,23). The third-order valence-electron chi connectivity index (χ3n) is 5.99. The Kier molecular flexibility index (Phi) is 4.12. The van der Waals surface area contributed by atoms with Crippen molar-refractivity contribution < 1.29 is 4.79 Å². The average molecular weight is 313 g/mol. The van der Waals surface area contributed by atoms with Crippen molar-refractivity contribution in [2.24, 2.45) is 5.92 Å². The van der Waals surface area contributed by atoms with E-state index >= 15 is 0 Å². The van der Waals surface area contributed by atoms with Crippen molar-refractivity contribution in [1.29, 1.82) is 0 Å². The largest absolute Gasteiger partial charge is 0.324 e. The average Bonchev–Trinajstić information content (AvgIpc) is 3.04. The molecule has 1 saturated heterocycles. The Labute approximate surface area is 138 Å². The molecular weight excluding hydrogens is 286 g/mol. The summed E-state index contributed by atoms with van der Waals surface area (Å²) in [5.41, 5.74) is 1.88. The van der Waals surface area contributed by atoms with Crippen molar-refractivity contribution in [2.45, 2.75) is 50.6 Å². The molecule has 3 aliphatic rings. The van der Waals surface area contributed by atoms with E-state index in [0.29, 0.717) is 0 Å². The van der Waals surface area contributed by atoms with E-state index in [1.807, 2.05) is 12.1 Å². The van der Waals surface area contributed by atoms with Gasteiger partial charge in [-0.15, -0.1) is 0 Å². The van der Waals surface area contributed by atoms with Gasteiger partial charge in [-0.1, -0.05) is 37.5 Å². The van der Waals surface area contributed by atoms with Crippen LogP contribution in [0.1, 0.15) is 44.1 Å². The van der Waals surface area contributed by atoms with E-state index in [1.165, 1.54) is 37.7 Å². The van der Waals surface area contributed by atoms with Gasteiger partial charge >= 0.3 is 0 Å². The molecule has 4 nitrogen and oxygen atoms in total. The molecule has 2 fully saturated rings. The zero-order valence-electron chi connectivity index (χ0n) is 13.8. The summed E-state index contributed by atoms with van der Waals surface area (Å²) in [6, 6.07) is 8.28. The van der Waals surface area contributed by atoms with Crippen LogP contribution in [0.2, 0.25) is 0 Å². The summed E-state index contributed by atoms with van der Waals surface area (Å²) in [6.07, 6.45) is 7.65. The van der Waals surface area contributed by atoms with Gasteiger partial charge in [-0.05, 0) is 43.4 Å². The molecule has 0 radical (unpaired) electrons. The molecule has 0 aromatic heterocycles. The van der Waals surface area contributed by atoms with Crippen LogP contribution in [0.25, 0.3) is 0 Å². The van der Waals surface area contributed by atoms with E-state index in [9.17, 15) is 4.79 Å². The molecular formula is C19H27N3O. The molecule has 1 unspecified atom stereocenters. The van der Waals surface area contributed by atoms with E-state index in [-0.39, 0.29) is 11.4 Å². The van der Waals surface area contributed by atoms with Crippen molar-refractivity contribution in [3.05, 3.63) is 29.8 Å². The maximum absolute atomic E-state index is 13.1. The number of hydrogen-bond donors (Lipinski definition) is 2. The second-order valence-corrected chi connectivity index (χ2v) is 7.45. The smallest absolute Gasteiger partial charge is 0.246 e. The van der Waals surface area contributed by atoms with Gasteiger partial charge in [-0.2, -0.15) is 0 Å². The maximum Gasteiger partial charge on any atom is 0.246 e. The topological polar surface area (TPSA) is 44.4 Å². The number of anilines is 1. The van der Waals surface area contributed by atoms with Crippen LogP contribution >= 0.6 is 0 Å². The Morgan fingerprint density at radius 3 is 2.78 bits per heavy atom. The van der Waals surface area contributed by atoms with Crippen LogP contribution in [0.15, 0.2) is 24.3 Å². The van der Waals surface area contributed by atoms with Crippen molar-refractivity contribution in [3.8, 4) is 0 Å². The highest BCUT2D eigenvalue weighted by atomic mass is 16.2. The van der Waals surface area contributed by atoms with E-state index in [4.69, 9.17) is 0 Å². The van der Waals surface area contributed by atoms with Gasteiger partial charge in [0.05, 0.1) is 0 Å². The molecule has 1 aliphatic carbocycles. The Balaban J connectivity index is 1.65. The SMILES string of the molecule is O=C1Nc2ccccc2CN(CC2CCCCC2)C12CCNC2. The summed E-state index contributed by atoms with van der Waals surface area (Å²) >= 11 is 0. The fourth-order valence-electron chi connectivity index (χ4n) is 4.58. The lowest BCUT2D eigenvalue weighted by Gasteiger charge is -2.40. The fraction of sp³-hybridized carbons (Fsp3) is 0.632. The summed E-state index contributed by atoms with van der Waals surface area (Å²) in [7, 11) is 0. The van der Waals surface area contributed by atoms with Crippen LogP contribution in [0.4, 0.5) is 5.69 Å². The van der Waals surface area contributed by atoms with Gasteiger partial charge in [0.1, 0.15) is 5.54 Å². The lowest BCUT2D eigenvalue weighted by atomic mass is 9.86. The zero-order valence-corrected chi connectivity index (χ0v) is 13.8. The van der Waals surface area contributed by atoms with Crippen molar-refractivity contribution in [1.82, 2.24) is 10.2 Å². The van der Waals surface area contributed by atoms with Crippen molar-refractivity contribution >= 4 is 11.6 Å². The van der Waals surface area contributed by atoms with Gasteiger partial charge in [-0.3, -0.25) is 9.69 Å². The molecule has 1 saturated carbocycles. The van der Waals surface area contributed by atoms with Gasteiger partial charge in [-0.25, -0.2) is 0 Å². The number of nitrogens with zero attached hydrogens (tertiary/aromatic N) is 1. The van der Waals surface area contributed by atoms with Crippen molar-refractivity contribution in [3.63, 3.8) is 0 Å². The highest BCUT2D eigenvalue weighted by molar-refractivity contribution is 5.99.